The fraction of sp³-hybridized carbons (Fsp3) is 0.613. The molecule has 8 nitrogen and oxygen atoms in total. The lowest BCUT2D eigenvalue weighted by molar-refractivity contribution is -0.174. The van der Waals surface area contributed by atoms with E-state index in [0.717, 1.165) is 25.0 Å². The minimum atomic E-state index is -1.51. The van der Waals surface area contributed by atoms with E-state index >= 15 is 0 Å². The predicted octanol–water partition coefficient (Wildman–Crippen LogP) is 4.13. The van der Waals surface area contributed by atoms with E-state index in [4.69, 9.17) is 15.1 Å². The minimum absolute atomic E-state index is 0.0222. The summed E-state index contributed by atoms with van der Waals surface area (Å²) in [5, 5.41) is 33.6. The van der Waals surface area contributed by atoms with Crippen LogP contribution < -0.4 is 5.32 Å². The van der Waals surface area contributed by atoms with Crippen LogP contribution in [0.3, 0.4) is 0 Å². The average molecular weight is 568 g/mol. The molecule has 0 aliphatic heterocycles. The summed E-state index contributed by atoms with van der Waals surface area (Å²) in [6.07, 6.45) is 6.76. The largest absolute Gasteiger partial charge is 0.393 e. The van der Waals surface area contributed by atoms with Crippen molar-refractivity contribution < 1.29 is 24.5 Å². The number of carbonyl (C=O) groups is 2. The maximum Gasteiger partial charge on any atom is 0.251 e. The summed E-state index contributed by atoms with van der Waals surface area (Å²) < 4.78 is 5.00. The third-order valence-electron chi connectivity index (χ3n) is 10.7. The van der Waals surface area contributed by atoms with Crippen molar-refractivity contribution in [2.24, 2.45) is 39.5 Å². The number of hydrogen-bond donors (Lipinski definition) is 5. The number of aliphatic hydroxyl groups is 2. The van der Waals surface area contributed by atoms with Crippen LogP contribution >= 0.6 is 12.6 Å². The molecular weight excluding hydrogens is 526 g/mol. The second-order valence-corrected chi connectivity index (χ2v) is 13.0. The van der Waals surface area contributed by atoms with Gasteiger partial charge in [-0.3, -0.25) is 14.6 Å². The Balaban J connectivity index is 1.44. The smallest absolute Gasteiger partial charge is 0.251 e. The molecule has 3 fully saturated rings. The van der Waals surface area contributed by atoms with Crippen LogP contribution in [0.15, 0.2) is 40.9 Å². The van der Waals surface area contributed by atoms with Crippen LogP contribution in [0.5, 0.6) is 0 Å². The van der Waals surface area contributed by atoms with E-state index in [1.165, 1.54) is 11.8 Å². The molecule has 0 radical (unpaired) electrons. The molecular formula is C31H41N3O5S. The second-order valence-electron chi connectivity index (χ2n) is 12.6. The van der Waals surface area contributed by atoms with Gasteiger partial charge < -0.3 is 25.7 Å². The van der Waals surface area contributed by atoms with Gasteiger partial charge in [0.25, 0.3) is 5.91 Å². The van der Waals surface area contributed by atoms with Crippen LogP contribution in [0.1, 0.15) is 62.7 Å². The Morgan fingerprint density at radius 1 is 1.27 bits per heavy atom. The van der Waals surface area contributed by atoms with E-state index in [2.05, 4.69) is 30.9 Å². The number of nitrogens with zero attached hydrogens (tertiary/aromatic N) is 1. The summed E-state index contributed by atoms with van der Waals surface area (Å²) in [5.41, 5.74) is 0.674. The zero-order valence-corrected chi connectivity index (χ0v) is 24.4. The fourth-order valence-electron chi connectivity index (χ4n) is 8.68. The SMILES string of the molecule is COCCNC(=O)c1cccc(N=C2C=C3CCC4C(C(O)CC5(C)C4CCC5(O)C(=O)S)C3(C)CC2C=N)c1. The van der Waals surface area contributed by atoms with E-state index in [1.807, 2.05) is 19.1 Å². The standard InChI is InChI=1S/C31H41N3O5S/c1-29-15-19(17-32)24(34-21-6-4-5-18(13-21)27(36)33-11-12-39-3)14-20(29)7-8-22-23-9-10-31(38,28(37)40)30(23,2)16-25(35)26(22)29/h4-6,13-14,17,19,22-23,25-26,32,35,38H,7-12,15-16H2,1-3H3,(H,33,36)(H,37,40). The van der Waals surface area contributed by atoms with E-state index < -0.39 is 22.2 Å². The molecule has 0 heterocycles. The maximum absolute atomic E-state index is 12.5. The molecule has 216 valence electrons. The molecule has 8 atom stereocenters. The molecule has 3 saturated carbocycles. The van der Waals surface area contributed by atoms with E-state index in [-0.39, 0.29) is 35.0 Å². The Hall–Kier alpha value is -2.33. The van der Waals surface area contributed by atoms with Gasteiger partial charge in [0, 0.05) is 42.5 Å². The number of amides is 1. The minimum Gasteiger partial charge on any atom is -0.393 e. The monoisotopic (exact) mass is 567 g/mol. The summed E-state index contributed by atoms with van der Waals surface area (Å²) in [4.78, 5) is 29.9. The van der Waals surface area contributed by atoms with Gasteiger partial charge in [0.2, 0.25) is 5.12 Å². The van der Waals surface area contributed by atoms with E-state index in [1.54, 1.807) is 19.2 Å². The van der Waals surface area contributed by atoms with Crippen molar-refractivity contribution in [3.63, 3.8) is 0 Å². The molecule has 4 aliphatic carbocycles. The Bertz CT molecular complexity index is 1270. The summed E-state index contributed by atoms with van der Waals surface area (Å²) in [6.45, 7) is 5.04. The number of hydrogen-bond acceptors (Lipinski definition) is 7. The first kappa shape index (κ1) is 29.2. The van der Waals surface area contributed by atoms with Crippen LogP contribution in [0.25, 0.3) is 0 Å². The quantitative estimate of drug-likeness (QED) is 0.192. The number of ether oxygens (including phenoxy) is 1. The highest BCUT2D eigenvalue weighted by atomic mass is 32.1. The summed E-state index contributed by atoms with van der Waals surface area (Å²) in [6, 6.07) is 7.18. The highest BCUT2D eigenvalue weighted by Gasteiger charge is 2.68. The van der Waals surface area contributed by atoms with Crippen molar-refractivity contribution in [3.8, 4) is 0 Å². The van der Waals surface area contributed by atoms with Gasteiger partial charge in [-0.05, 0) is 86.0 Å². The first-order chi connectivity index (χ1) is 19.0. The number of nitrogens with one attached hydrogen (secondary N) is 2. The number of aliphatic hydroxyl groups excluding tert-OH is 1. The third-order valence-corrected chi connectivity index (χ3v) is 11.1. The van der Waals surface area contributed by atoms with Crippen LogP contribution in [0.4, 0.5) is 5.69 Å². The van der Waals surface area contributed by atoms with Crippen molar-refractivity contribution in [3.05, 3.63) is 41.5 Å². The second kappa shape index (κ2) is 10.8. The lowest BCUT2D eigenvalue weighted by Crippen LogP contribution is -2.61. The average Bonchev–Trinajstić information content (AvgIpc) is 3.19. The van der Waals surface area contributed by atoms with Crippen LogP contribution in [0.2, 0.25) is 0 Å². The van der Waals surface area contributed by atoms with Crippen LogP contribution in [0, 0.1) is 39.9 Å². The first-order valence-corrected chi connectivity index (χ1v) is 14.7. The number of thiol groups is 1. The van der Waals surface area contributed by atoms with E-state index in [9.17, 15) is 19.8 Å². The molecule has 9 heteroatoms. The van der Waals surface area contributed by atoms with Gasteiger partial charge in [0.05, 0.1) is 18.4 Å². The summed E-state index contributed by atoms with van der Waals surface area (Å²) in [7, 11) is 1.59. The summed E-state index contributed by atoms with van der Waals surface area (Å²) in [5.74, 6) is -0.132. The van der Waals surface area contributed by atoms with Crippen LogP contribution in [-0.4, -0.2) is 65.1 Å². The number of rotatable bonds is 7. The molecule has 40 heavy (non-hydrogen) atoms. The molecule has 8 unspecified atom stereocenters. The highest BCUT2D eigenvalue weighted by molar-refractivity contribution is 7.96. The van der Waals surface area contributed by atoms with Gasteiger partial charge in [-0.25, -0.2) is 0 Å². The fourth-order valence-corrected chi connectivity index (χ4v) is 9.04. The molecule has 1 aromatic carbocycles. The van der Waals surface area contributed by atoms with Gasteiger partial charge in [-0.2, -0.15) is 0 Å². The van der Waals surface area contributed by atoms with Gasteiger partial charge in [0.1, 0.15) is 5.60 Å². The molecule has 1 amide bonds. The molecule has 0 saturated heterocycles. The topological polar surface area (TPSA) is 132 Å². The number of fused-ring (bicyclic) bond motifs is 5. The summed E-state index contributed by atoms with van der Waals surface area (Å²) >= 11 is 4.05. The van der Waals surface area contributed by atoms with Crippen molar-refractivity contribution in [2.75, 3.05) is 20.3 Å². The highest BCUT2D eigenvalue weighted by Crippen LogP contribution is 2.68. The van der Waals surface area contributed by atoms with Gasteiger partial charge in [0.15, 0.2) is 0 Å². The predicted molar refractivity (Wildman–Crippen MR) is 157 cm³/mol. The number of methoxy groups -OCH3 is 1. The third kappa shape index (κ3) is 4.59. The Morgan fingerprint density at radius 3 is 2.75 bits per heavy atom. The zero-order valence-electron chi connectivity index (χ0n) is 23.5. The number of aliphatic imine (C=N–C) groups is 1. The van der Waals surface area contributed by atoms with Crippen molar-refractivity contribution in [1.29, 1.82) is 5.41 Å². The van der Waals surface area contributed by atoms with Crippen molar-refractivity contribution in [1.82, 2.24) is 5.32 Å². The lowest BCUT2D eigenvalue weighted by Gasteiger charge is -2.61. The lowest BCUT2D eigenvalue weighted by atomic mass is 9.45. The Kier molecular flexibility index (Phi) is 7.89. The Morgan fingerprint density at radius 2 is 2.05 bits per heavy atom. The van der Waals surface area contributed by atoms with Crippen LogP contribution in [-0.2, 0) is 9.53 Å². The van der Waals surface area contributed by atoms with E-state index in [0.29, 0.717) is 43.7 Å². The molecule has 4 aliphatic rings. The van der Waals surface area contributed by atoms with Gasteiger partial charge in [-0.1, -0.05) is 25.5 Å². The normalized spacial score (nSPS) is 39.5. The Labute approximate surface area is 241 Å². The maximum atomic E-state index is 12.5. The van der Waals surface area contributed by atoms with Crippen molar-refractivity contribution >= 4 is 41.3 Å². The first-order valence-electron chi connectivity index (χ1n) is 14.3. The molecule has 0 bridgehead atoms. The van der Waals surface area contributed by atoms with Gasteiger partial charge >= 0.3 is 0 Å². The molecule has 0 spiro atoms. The number of allylic oxidation sites excluding steroid dienone is 2. The number of carbonyl (C=O) groups excluding carboxylic acids is 2. The van der Waals surface area contributed by atoms with Gasteiger partial charge in [-0.15, -0.1) is 12.6 Å². The number of benzene rings is 1. The molecule has 4 N–H and O–H groups in total. The molecule has 1 aromatic rings. The molecule has 5 rings (SSSR count). The van der Waals surface area contributed by atoms with Crippen molar-refractivity contribution in [2.45, 2.75) is 64.1 Å². The molecule has 0 aromatic heterocycles. The zero-order chi connectivity index (χ0) is 28.9.